The van der Waals surface area contributed by atoms with Crippen molar-refractivity contribution in [2.75, 3.05) is 5.75 Å². The predicted molar refractivity (Wildman–Crippen MR) is 129 cm³/mol. The van der Waals surface area contributed by atoms with Gasteiger partial charge in [0.15, 0.2) is 6.10 Å². The van der Waals surface area contributed by atoms with Crippen LogP contribution in [0.4, 0.5) is 0 Å². The van der Waals surface area contributed by atoms with Gasteiger partial charge in [0, 0.05) is 5.75 Å². The minimum atomic E-state index is -0.604. The quantitative estimate of drug-likeness (QED) is 0.412. The number of amides is 1. The highest BCUT2D eigenvalue weighted by atomic mass is 35.5. The maximum Gasteiger partial charge on any atom is 0.356 e. The topological polar surface area (TPSA) is 72.6 Å². The molecule has 0 aliphatic carbocycles. The smallest absolute Gasteiger partial charge is 0.356 e. The number of β-lactam (4-membered cyclic amide) rings is 1. The van der Waals surface area contributed by atoms with Crippen LogP contribution >= 0.6 is 24.2 Å². The molecule has 5 nitrogen and oxygen atoms in total. The molecule has 0 saturated carbocycles. The zero-order chi connectivity index (χ0) is 21.8. The lowest BCUT2D eigenvalue weighted by atomic mass is 10.0. The van der Waals surface area contributed by atoms with Crippen LogP contribution in [-0.2, 0) is 14.3 Å². The Kier molecular flexibility index (Phi) is 7.81. The normalized spacial score (nSPS) is 19.6. The number of benzene rings is 2. The van der Waals surface area contributed by atoms with Crippen LogP contribution in [0, 0.1) is 11.8 Å². The summed E-state index contributed by atoms with van der Waals surface area (Å²) in [5.74, 6) is 5.38. The molecule has 0 radical (unpaired) electrons. The number of nitrogens with zero attached hydrogens (tertiary/aromatic N) is 1. The van der Waals surface area contributed by atoms with Gasteiger partial charge in [0.25, 0.3) is 0 Å². The van der Waals surface area contributed by atoms with E-state index in [9.17, 15) is 9.59 Å². The van der Waals surface area contributed by atoms with Crippen LogP contribution in [0.5, 0.6) is 0 Å². The van der Waals surface area contributed by atoms with Crippen molar-refractivity contribution in [2.24, 2.45) is 5.73 Å². The van der Waals surface area contributed by atoms with Crippen molar-refractivity contribution in [3.8, 4) is 11.8 Å². The van der Waals surface area contributed by atoms with Crippen LogP contribution in [0.15, 0.2) is 84.1 Å². The Hall–Kier alpha value is -2.98. The van der Waals surface area contributed by atoms with E-state index in [4.69, 9.17) is 10.5 Å². The zero-order valence-electron chi connectivity index (χ0n) is 17.4. The molecule has 0 unspecified atom stereocenters. The van der Waals surface area contributed by atoms with E-state index in [1.165, 1.54) is 16.7 Å². The molecule has 0 aromatic heterocycles. The number of ether oxygens (including phenoxy) is 1. The van der Waals surface area contributed by atoms with Crippen LogP contribution in [0.25, 0.3) is 0 Å². The highest BCUT2D eigenvalue weighted by Crippen LogP contribution is 2.41. The molecule has 2 aliphatic heterocycles. The molecule has 2 atom stereocenters. The number of esters is 1. The summed E-state index contributed by atoms with van der Waals surface area (Å²) in [6, 6.07) is 18.5. The Morgan fingerprint density at radius 3 is 2.31 bits per heavy atom. The maximum absolute atomic E-state index is 13.4. The molecule has 32 heavy (non-hydrogen) atoms. The van der Waals surface area contributed by atoms with Gasteiger partial charge in [-0.3, -0.25) is 9.69 Å². The van der Waals surface area contributed by atoms with Gasteiger partial charge in [-0.2, -0.15) is 0 Å². The number of hydrogen-bond donors (Lipinski definition) is 1. The van der Waals surface area contributed by atoms with Crippen LogP contribution < -0.4 is 5.73 Å². The van der Waals surface area contributed by atoms with Gasteiger partial charge in [0.05, 0.1) is 0 Å². The van der Waals surface area contributed by atoms with Gasteiger partial charge in [-0.1, -0.05) is 66.6 Å². The fourth-order valence-electron chi connectivity index (χ4n) is 3.63. The standard InChI is InChI=1S/C25H22N2O3S.ClH/c1-2-3-6-15-19-16-31-24-20(26)23(28)27(24)21(19)25(29)30-22(17-11-7-4-8-12-17)18-13-9-5-10-14-18;/h4-15,20,22,24H,16,26H2,1H3;1H/b15-6+;/t20-,24-;/m1./s1. The molecular weight excluding hydrogens is 444 g/mol. The van der Waals surface area contributed by atoms with Gasteiger partial charge in [-0.25, -0.2) is 4.79 Å². The highest BCUT2D eigenvalue weighted by molar-refractivity contribution is 8.00. The number of fused-ring (bicyclic) bond motifs is 1. The average Bonchev–Trinajstić information content (AvgIpc) is 2.82. The van der Waals surface area contributed by atoms with E-state index in [1.54, 1.807) is 19.1 Å². The Bertz CT molecular complexity index is 1070. The lowest BCUT2D eigenvalue weighted by Crippen LogP contribution is -2.68. The lowest BCUT2D eigenvalue weighted by molar-refractivity contribution is -0.153. The Labute approximate surface area is 198 Å². The van der Waals surface area contributed by atoms with Crippen molar-refractivity contribution in [3.05, 3.63) is 95.2 Å². The molecular formula is C25H23ClN2O3S. The predicted octanol–water partition coefficient (Wildman–Crippen LogP) is 3.82. The van der Waals surface area contributed by atoms with Crippen LogP contribution in [0.3, 0.4) is 0 Å². The molecule has 2 aromatic carbocycles. The third-order valence-corrected chi connectivity index (χ3v) is 6.50. The summed E-state index contributed by atoms with van der Waals surface area (Å²) in [5, 5.41) is -0.253. The molecule has 1 saturated heterocycles. The van der Waals surface area contributed by atoms with Crippen molar-refractivity contribution >= 4 is 36.0 Å². The second-order valence-corrected chi connectivity index (χ2v) is 8.25. The second-order valence-electron chi connectivity index (χ2n) is 7.14. The Morgan fingerprint density at radius 2 is 1.75 bits per heavy atom. The number of halogens is 1. The Balaban J connectivity index is 0.00000289. The summed E-state index contributed by atoms with van der Waals surface area (Å²) in [7, 11) is 0. The van der Waals surface area contributed by atoms with Gasteiger partial charge in [-0.15, -0.1) is 30.1 Å². The van der Waals surface area contributed by atoms with Gasteiger partial charge in [0.1, 0.15) is 17.1 Å². The largest absolute Gasteiger partial charge is 0.448 e. The SMILES string of the molecule is CC#C/C=C/C1=C(C(=O)OC(c2ccccc2)c2ccccc2)N2C(=O)[C@@H](N)[C@H]2SC1.Cl. The van der Waals surface area contributed by atoms with E-state index in [1.807, 2.05) is 60.7 Å². The fraction of sp³-hybridized carbons (Fsp3) is 0.200. The van der Waals surface area contributed by atoms with E-state index in [-0.39, 0.29) is 29.4 Å². The van der Waals surface area contributed by atoms with Crippen molar-refractivity contribution in [1.82, 2.24) is 4.90 Å². The van der Waals surface area contributed by atoms with Crippen molar-refractivity contribution < 1.29 is 14.3 Å². The first-order valence-electron chi connectivity index (χ1n) is 9.95. The van der Waals surface area contributed by atoms with Gasteiger partial charge in [0.2, 0.25) is 5.91 Å². The number of hydrogen-bond acceptors (Lipinski definition) is 5. The molecule has 2 aliphatic rings. The average molecular weight is 467 g/mol. The third-order valence-electron chi connectivity index (χ3n) is 5.17. The zero-order valence-corrected chi connectivity index (χ0v) is 19.1. The van der Waals surface area contributed by atoms with Gasteiger partial charge < -0.3 is 10.5 Å². The number of allylic oxidation sites excluding steroid dienone is 2. The number of carbonyl (C=O) groups is 2. The van der Waals surface area contributed by atoms with E-state index in [0.29, 0.717) is 11.3 Å². The fourth-order valence-corrected chi connectivity index (χ4v) is 4.89. The minimum absolute atomic E-state index is 0. The van der Waals surface area contributed by atoms with Crippen LogP contribution in [0.2, 0.25) is 0 Å². The van der Waals surface area contributed by atoms with Crippen molar-refractivity contribution in [3.63, 3.8) is 0 Å². The third kappa shape index (κ3) is 4.61. The number of rotatable bonds is 5. The maximum atomic E-state index is 13.4. The summed E-state index contributed by atoms with van der Waals surface area (Å²) < 4.78 is 6.02. The molecule has 2 heterocycles. The van der Waals surface area contributed by atoms with Crippen molar-refractivity contribution in [2.45, 2.75) is 24.4 Å². The number of nitrogens with two attached hydrogens (primary N) is 1. The number of thioether (sulfide) groups is 1. The van der Waals surface area contributed by atoms with Crippen LogP contribution in [-0.4, -0.2) is 33.9 Å². The number of carbonyl (C=O) groups excluding carboxylic acids is 2. The summed E-state index contributed by atoms with van der Waals surface area (Å²) in [5.41, 5.74) is 8.62. The molecule has 7 heteroatoms. The summed E-state index contributed by atoms with van der Waals surface area (Å²) >= 11 is 1.54. The van der Waals surface area contributed by atoms with Gasteiger partial charge in [-0.05, 0) is 35.8 Å². The molecule has 2 aromatic rings. The summed E-state index contributed by atoms with van der Waals surface area (Å²) in [6.45, 7) is 1.74. The molecule has 4 rings (SSSR count). The second kappa shape index (κ2) is 10.6. The molecule has 0 bridgehead atoms. The molecule has 164 valence electrons. The van der Waals surface area contributed by atoms with E-state index >= 15 is 0 Å². The van der Waals surface area contributed by atoms with Gasteiger partial charge >= 0.3 is 5.97 Å². The molecule has 0 spiro atoms. The van der Waals surface area contributed by atoms with E-state index < -0.39 is 18.1 Å². The first-order valence-corrected chi connectivity index (χ1v) is 11.0. The monoisotopic (exact) mass is 466 g/mol. The molecule has 1 fully saturated rings. The first-order chi connectivity index (χ1) is 15.1. The van der Waals surface area contributed by atoms with E-state index in [0.717, 1.165) is 11.1 Å². The highest BCUT2D eigenvalue weighted by Gasteiger charge is 2.52. The minimum Gasteiger partial charge on any atom is -0.448 e. The van der Waals surface area contributed by atoms with Crippen LogP contribution in [0.1, 0.15) is 24.2 Å². The molecule has 1 amide bonds. The lowest BCUT2D eigenvalue weighted by Gasteiger charge is -2.48. The van der Waals surface area contributed by atoms with Crippen molar-refractivity contribution in [1.29, 1.82) is 0 Å². The summed E-state index contributed by atoms with van der Waals surface area (Å²) in [4.78, 5) is 27.4. The van der Waals surface area contributed by atoms with E-state index in [2.05, 4.69) is 11.8 Å². The Morgan fingerprint density at radius 1 is 1.16 bits per heavy atom. The first kappa shape index (κ1) is 23.7. The molecule has 2 N–H and O–H groups in total. The summed E-state index contributed by atoms with van der Waals surface area (Å²) in [6.07, 6.45) is 2.86.